The Labute approximate surface area is 182 Å². The van der Waals surface area contributed by atoms with Crippen molar-refractivity contribution in [1.82, 2.24) is 14.8 Å². The van der Waals surface area contributed by atoms with Gasteiger partial charge in [0.05, 0.1) is 5.75 Å². The summed E-state index contributed by atoms with van der Waals surface area (Å²) in [6.07, 6.45) is 0. The lowest BCUT2D eigenvalue weighted by Gasteiger charge is -2.13. The molecule has 0 spiro atoms. The molecule has 158 valence electrons. The molecule has 0 aliphatic carbocycles. The molecule has 1 aromatic heterocycles. The van der Waals surface area contributed by atoms with Crippen LogP contribution in [0.4, 0.5) is 5.69 Å². The first-order chi connectivity index (χ1) is 14.4. The molecule has 0 aliphatic rings. The third-order valence-corrected chi connectivity index (χ3v) is 5.80. The summed E-state index contributed by atoms with van der Waals surface area (Å²) in [5.41, 5.74) is 5.29. The molecule has 0 atom stereocenters. The number of anilines is 1. The van der Waals surface area contributed by atoms with E-state index in [1.165, 1.54) is 17.3 Å². The molecule has 0 saturated heterocycles. The minimum absolute atomic E-state index is 0.0570. The standard InChI is InChI=1S/C23H28N4O2S/c1-6-27-20(13-29-19-10-8-7-9-16(19)3)25-26-23(27)30-14-21(28)24-22-17(4)11-15(2)12-18(22)5/h7-12H,6,13-14H2,1-5H3,(H,24,28). The summed E-state index contributed by atoms with van der Waals surface area (Å²) >= 11 is 1.38. The minimum atomic E-state index is -0.0570. The van der Waals surface area contributed by atoms with Crippen LogP contribution in [0.1, 0.15) is 35.0 Å². The van der Waals surface area contributed by atoms with E-state index in [9.17, 15) is 4.79 Å². The maximum Gasteiger partial charge on any atom is 0.234 e. The molecule has 0 saturated carbocycles. The molecule has 3 aromatic rings. The van der Waals surface area contributed by atoms with Crippen LogP contribution in [0, 0.1) is 27.7 Å². The smallest absolute Gasteiger partial charge is 0.234 e. The van der Waals surface area contributed by atoms with E-state index in [1.54, 1.807) is 0 Å². The number of carbonyl (C=O) groups excluding carboxylic acids is 1. The van der Waals surface area contributed by atoms with Crippen molar-refractivity contribution in [1.29, 1.82) is 0 Å². The third kappa shape index (κ3) is 5.21. The number of aromatic nitrogens is 3. The highest BCUT2D eigenvalue weighted by atomic mass is 32.2. The SMILES string of the molecule is CCn1c(COc2ccccc2C)nnc1SCC(=O)Nc1c(C)cc(C)cc1C. The summed E-state index contributed by atoms with van der Waals surface area (Å²) in [5.74, 6) is 1.79. The van der Waals surface area contributed by atoms with Gasteiger partial charge in [-0.05, 0) is 57.4 Å². The highest BCUT2D eigenvalue weighted by Crippen LogP contribution is 2.24. The largest absolute Gasteiger partial charge is 0.485 e. The van der Waals surface area contributed by atoms with Crippen molar-refractivity contribution < 1.29 is 9.53 Å². The van der Waals surface area contributed by atoms with Crippen molar-refractivity contribution in [2.75, 3.05) is 11.1 Å². The number of thioether (sulfide) groups is 1. The van der Waals surface area contributed by atoms with Crippen molar-refractivity contribution in [3.63, 3.8) is 0 Å². The molecule has 0 bridgehead atoms. The quantitative estimate of drug-likeness (QED) is 0.524. The Morgan fingerprint density at radius 1 is 1.07 bits per heavy atom. The van der Waals surface area contributed by atoms with E-state index in [1.807, 2.05) is 56.5 Å². The minimum Gasteiger partial charge on any atom is -0.485 e. The first-order valence-electron chi connectivity index (χ1n) is 10.00. The number of hydrogen-bond acceptors (Lipinski definition) is 5. The molecular formula is C23H28N4O2S. The second-order valence-electron chi connectivity index (χ2n) is 7.31. The molecule has 0 unspecified atom stereocenters. The lowest BCUT2D eigenvalue weighted by Crippen LogP contribution is -2.16. The molecular weight excluding hydrogens is 396 g/mol. The van der Waals surface area contributed by atoms with Crippen LogP contribution >= 0.6 is 11.8 Å². The molecule has 0 radical (unpaired) electrons. The van der Waals surface area contributed by atoms with Crippen LogP contribution < -0.4 is 10.1 Å². The van der Waals surface area contributed by atoms with Gasteiger partial charge in [0.15, 0.2) is 11.0 Å². The molecule has 1 heterocycles. The number of nitrogens with zero attached hydrogens (tertiary/aromatic N) is 3. The van der Waals surface area contributed by atoms with E-state index < -0.39 is 0 Å². The molecule has 1 amide bonds. The predicted molar refractivity (Wildman–Crippen MR) is 121 cm³/mol. The zero-order chi connectivity index (χ0) is 21.7. The summed E-state index contributed by atoms with van der Waals surface area (Å²) in [6, 6.07) is 12.0. The summed E-state index contributed by atoms with van der Waals surface area (Å²) in [6.45, 7) is 11.2. The van der Waals surface area contributed by atoms with Gasteiger partial charge in [0, 0.05) is 12.2 Å². The fourth-order valence-electron chi connectivity index (χ4n) is 3.39. The van der Waals surface area contributed by atoms with Crippen molar-refractivity contribution in [2.45, 2.75) is 52.9 Å². The number of rotatable bonds is 8. The van der Waals surface area contributed by atoms with E-state index in [-0.39, 0.29) is 11.7 Å². The number of para-hydroxylation sites is 1. The van der Waals surface area contributed by atoms with Crippen LogP contribution in [0.25, 0.3) is 0 Å². The lowest BCUT2D eigenvalue weighted by molar-refractivity contribution is -0.113. The fourth-order valence-corrected chi connectivity index (χ4v) is 4.21. The van der Waals surface area contributed by atoms with Crippen molar-refractivity contribution in [2.24, 2.45) is 0 Å². The highest BCUT2D eigenvalue weighted by Gasteiger charge is 2.15. The number of nitrogens with one attached hydrogen (secondary N) is 1. The zero-order valence-electron chi connectivity index (χ0n) is 18.2. The van der Waals surface area contributed by atoms with E-state index in [0.717, 1.165) is 34.0 Å². The molecule has 30 heavy (non-hydrogen) atoms. The lowest BCUT2D eigenvalue weighted by atomic mass is 10.1. The first kappa shape index (κ1) is 21.9. The Morgan fingerprint density at radius 2 is 1.77 bits per heavy atom. The van der Waals surface area contributed by atoms with Gasteiger partial charge in [-0.3, -0.25) is 4.79 Å². The van der Waals surface area contributed by atoms with E-state index >= 15 is 0 Å². The third-order valence-electron chi connectivity index (χ3n) is 4.83. The number of aryl methyl sites for hydroxylation is 4. The average Bonchev–Trinajstić information content (AvgIpc) is 3.10. The molecule has 0 aliphatic heterocycles. The number of carbonyl (C=O) groups is 1. The van der Waals surface area contributed by atoms with Crippen LogP contribution in [-0.4, -0.2) is 26.4 Å². The van der Waals surface area contributed by atoms with Crippen molar-refractivity contribution >= 4 is 23.4 Å². The maximum atomic E-state index is 12.5. The second kappa shape index (κ2) is 9.80. The van der Waals surface area contributed by atoms with Gasteiger partial charge < -0.3 is 14.6 Å². The second-order valence-corrected chi connectivity index (χ2v) is 8.25. The highest BCUT2D eigenvalue weighted by molar-refractivity contribution is 7.99. The van der Waals surface area contributed by atoms with Gasteiger partial charge in [-0.2, -0.15) is 0 Å². The first-order valence-corrected chi connectivity index (χ1v) is 11.0. The van der Waals surface area contributed by atoms with Crippen molar-refractivity contribution in [3.8, 4) is 5.75 Å². The summed E-state index contributed by atoms with van der Waals surface area (Å²) in [7, 11) is 0. The predicted octanol–water partition coefficient (Wildman–Crippen LogP) is 4.84. The zero-order valence-corrected chi connectivity index (χ0v) is 19.0. The van der Waals surface area contributed by atoms with E-state index in [0.29, 0.717) is 18.3 Å². The number of ether oxygens (including phenoxy) is 1. The Bertz CT molecular complexity index is 1020. The monoisotopic (exact) mass is 424 g/mol. The van der Waals surface area contributed by atoms with Gasteiger partial charge in [0.2, 0.25) is 5.91 Å². The molecule has 2 aromatic carbocycles. The van der Waals surface area contributed by atoms with Crippen LogP contribution in [0.15, 0.2) is 41.6 Å². The maximum absolute atomic E-state index is 12.5. The van der Waals surface area contributed by atoms with Gasteiger partial charge in [0.25, 0.3) is 0 Å². The normalized spacial score (nSPS) is 10.8. The summed E-state index contributed by atoms with van der Waals surface area (Å²) < 4.78 is 7.89. The Hall–Kier alpha value is -2.80. The van der Waals surface area contributed by atoms with Gasteiger partial charge >= 0.3 is 0 Å². The van der Waals surface area contributed by atoms with Gasteiger partial charge in [0.1, 0.15) is 12.4 Å². The van der Waals surface area contributed by atoms with Crippen molar-refractivity contribution in [3.05, 3.63) is 64.5 Å². The molecule has 6 nitrogen and oxygen atoms in total. The average molecular weight is 425 g/mol. The van der Waals surface area contributed by atoms with E-state index in [4.69, 9.17) is 4.74 Å². The molecule has 7 heteroatoms. The van der Waals surface area contributed by atoms with Crippen LogP contribution in [0.3, 0.4) is 0 Å². The Balaban J connectivity index is 1.62. The van der Waals surface area contributed by atoms with Crippen LogP contribution in [0.2, 0.25) is 0 Å². The Kier molecular flexibility index (Phi) is 7.15. The molecule has 3 rings (SSSR count). The van der Waals surface area contributed by atoms with Gasteiger partial charge in [-0.15, -0.1) is 10.2 Å². The Morgan fingerprint density at radius 3 is 2.43 bits per heavy atom. The van der Waals surface area contributed by atoms with Gasteiger partial charge in [-0.25, -0.2) is 0 Å². The summed E-state index contributed by atoms with van der Waals surface area (Å²) in [4.78, 5) is 12.5. The van der Waals surface area contributed by atoms with Crippen LogP contribution in [-0.2, 0) is 17.9 Å². The molecule has 1 N–H and O–H groups in total. The topological polar surface area (TPSA) is 69.0 Å². The van der Waals surface area contributed by atoms with E-state index in [2.05, 4.69) is 34.6 Å². The number of hydrogen-bond donors (Lipinski definition) is 1. The molecule has 0 fully saturated rings. The number of amides is 1. The van der Waals surface area contributed by atoms with Crippen LogP contribution in [0.5, 0.6) is 5.75 Å². The summed E-state index contributed by atoms with van der Waals surface area (Å²) in [5, 5.41) is 12.3. The number of benzene rings is 2. The fraction of sp³-hybridized carbons (Fsp3) is 0.348. The van der Waals surface area contributed by atoms with Gasteiger partial charge in [-0.1, -0.05) is 47.7 Å².